The highest BCUT2D eigenvalue weighted by molar-refractivity contribution is 7.92. The zero-order chi connectivity index (χ0) is 19.4. The smallest absolute Gasteiger partial charge is 0.274 e. The Morgan fingerprint density at radius 3 is 2.69 bits per heavy atom. The number of nitrogens with one attached hydrogen (secondary N) is 2. The minimum Gasteiger partial charge on any atom is -0.351 e. The van der Waals surface area contributed by atoms with Crippen molar-refractivity contribution in [3.8, 4) is 0 Å². The summed E-state index contributed by atoms with van der Waals surface area (Å²) in [6.07, 6.45) is 3.12. The van der Waals surface area contributed by atoms with E-state index in [2.05, 4.69) is 15.5 Å². The molecule has 1 fully saturated rings. The molecule has 1 aromatic rings. The molecule has 1 aromatic heterocycles. The van der Waals surface area contributed by atoms with E-state index in [-0.39, 0.29) is 12.5 Å². The number of hydrogen-bond donors (Lipinski definition) is 2. The van der Waals surface area contributed by atoms with E-state index in [4.69, 9.17) is 0 Å². The van der Waals surface area contributed by atoms with Crippen LogP contribution in [0.4, 0.5) is 0 Å². The van der Waals surface area contributed by atoms with Gasteiger partial charge >= 0.3 is 0 Å². The standard InChI is InChI=1S/C17H26N4O4S/c1-9(18-16(23)17(2,3)26(5,24)25)8-21(4)15(22)14-12-7-10-6-11(10)13(12)19-20-14/h9-11H,6-8H2,1-5H3,(H,18,23)(H,19,20)/t9?,10-,11-/m0/s1. The van der Waals surface area contributed by atoms with Gasteiger partial charge in [0.05, 0.1) is 0 Å². The SMILES string of the molecule is CC(CN(C)C(=O)c1n[nH]c2c1C[C@@H]1C[C@H]21)NC(=O)C(C)(C)S(C)(=O)=O. The molecular weight excluding hydrogens is 356 g/mol. The second-order valence-corrected chi connectivity index (χ2v) is 10.7. The first-order chi connectivity index (χ1) is 11.9. The van der Waals surface area contributed by atoms with Gasteiger partial charge in [0.1, 0.15) is 4.75 Å². The van der Waals surface area contributed by atoms with Gasteiger partial charge in [0, 0.05) is 43.1 Å². The summed E-state index contributed by atoms with van der Waals surface area (Å²) in [5.41, 5.74) is 2.59. The van der Waals surface area contributed by atoms with Crippen LogP contribution >= 0.6 is 0 Å². The summed E-state index contributed by atoms with van der Waals surface area (Å²) in [5, 5.41) is 9.88. The quantitative estimate of drug-likeness (QED) is 0.743. The highest BCUT2D eigenvalue weighted by Gasteiger charge is 2.48. The number of nitrogens with zero attached hydrogens (tertiary/aromatic N) is 2. The monoisotopic (exact) mass is 382 g/mol. The van der Waals surface area contributed by atoms with Crippen LogP contribution in [0.15, 0.2) is 0 Å². The Bertz CT molecular complexity index is 858. The number of fused-ring (bicyclic) bond motifs is 3. The largest absolute Gasteiger partial charge is 0.351 e. The molecule has 26 heavy (non-hydrogen) atoms. The van der Waals surface area contributed by atoms with Crippen LogP contribution in [0, 0.1) is 5.92 Å². The zero-order valence-corrected chi connectivity index (χ0v) is 16.6. The van der Waals surface area contributed by atoms with Crippen molar-refractivity contribution in [2.24, 2.45) is 5.92 Å². The third-order valence-corrected chi connectivity index (χ3v) is 7.65. The molecule has 1 saturated carbocycles. The summed E-state index contributed by atoms with van der Waals surface area (Å²) in [6.45, 7) is 4.75. The molecule has 2 N–H and O–H groups in total. The number of H-pyrrole nitrogens is 1. The number of carbonyl (C=O) groups is 2. The first-order valence-corrected chi connectivity index (χ1v) is 10.7. The molecule has 2 aliphatic rings. The van der Waals surface area contributed by atoms with Gasteiger partial charge in [-0.3, -0.25) is 14.7 Å². The van der Waals surface area contributed by atoms with Crippen LogP contribution in [-0.4, -0.2) is 66.0 Å². The number of carbonyl (C=O) groups excluding carboxylic acids is 2. The molecule has 1 heterocycles. The lowest BCUT2D eigenvalue weighted by Gasteiger charge is -2.26. The fraction of sp³-hybridized carbons (Fsp3) is 0.706. The maximum atomic E-state index is 12.7. The molecule has 2 amide bonds. The van der Waals surface area contributed by atoms with E-state index >= 15 is 0 Å². The lowest BCUT2D eigenvalue weighted by atomic mass is 10.1. The summed E-state index contributed by atoms with van der Waals surface area (Å²) in [6, 6.07) is -0.391. The number of aromatic nitrogens is 2. The Morgan fingerprint density at radius 1 is 1.42 bits per heavy atom. The second-order valence-electron chi connectivity index (χ2n) is 8.11. The van der Waals surface area contributed by atoms with Crippen LogP contribution in [0.3, 0.4) is 0 Å². The van der Waals surface area contributed by atoms with Gasteiger partial charge in [0.25, 0.3) is 5.91 Å². The molecule has 3 atom stereocenters. The summed E-state index contributed by atoms with van der Waals surface area (Å²) in [4.78, 5) is 26.5. The molecule has 0 bridgehead atoms. The molecule has 144 valence electrons. The van der Waals surface area contributed by atoms with Crippen LogP contribution in [0.5, 0.6) is 0 Å². The van der Waals surface area contributed by atoms with Crippen molar-refractivity contribution in [3.63, 3.8) is 0 Å². The van der Waals surface area contributed by atoms with Crippen molar-refractivity contribution in [2.45, 2.75) is 50.3 Å². The van der Waals surface area contributed by atoms with Crippen molar-refractivity contribution in [1.29, 1.82) is 0 Å². The van der Waals surface area contributed by atoms with Crippen molar-refractivity contribution in [2.75, 3.05) is 19.8 Å². The van der Waals surface area contributed by atoms with Crippen LogP contribution in [0.1, 0.15) is 54.9 Å². The summed E-state index contributed by atoms with van der Waals surface area (Å²) in [5.74, 6) is 0.440. The van der Waals surface area contributed by atoms with E-state index in [1.165, 1.54) is 25.2 Å². The third kappa shape index (κ3) is 3.13. The topological polar surface area (TPSA) is 112 Å². The molecule has 0 saturated heterocycles. The average molecular weight is 382 g/mol. The number of rotatable bonds is 6. The minimum absolute atomic E-state index is 0.188. The molecule has 8 nitrogen and oxygen atoms in total. The molecule has 2 aliphatic carbocycles. The van der Waals surface area contributed by atoms with Crippen LogP contribution in [0.25, 0.3) is 0 Å². The van der Waals surface area contributed by atoms with E-state index < -0.39 is 26.5 Å². The predicted molar refractivity (Wildman–Crippen MR) is 96.6 cm³/mol. The predicted octanol–water partition coefficient (Wildman–Crippen LogP) is 0.469. The normalized spacial score (nSPS) is 22.3. The number of likely N-dealkylation sites (N-methyl/N-ethyl adjacent to an activating group) is 1. The van der Waals surface area contributed by atoms with E-state index in [9.17, 15) is 18.0 Å². The summed E-state index contributed by atoms with van der Waals surface area (Å²) < 4.78 is 22.0. The fourth-order valence-electron chi connectivity index (χ4n) is 3.44. The van der Waals surface area contributed by atoms with Crippen LogP contribution in [0.2, 0.25) is 0 Å². The molecule has 9 heteroatoms. The zero-order valence-electron chi connectivity index (χ0n) is 15.8. The van der Waals surface area contributed by atoms with Gasteiger partial charge in [-0.2, -0.15) is 5.10 Å². The molecule has 1 unspecified atom stereocenters. The van der Waals surface area contributed by atoms with Crippen molar-refractivity contribution in [3.05, 3.63) is 17.0 Å². The van der Waals surface area contributed by atoms with Gasteiger partial charge in [-0.05, 0) is 39.5 Å². The van der Waals surface area contributed by atoms with Crippen molar-refractivity contribution < 1.29 is 18.0 Å². The molecule has 0 spiro atoms. The molecule has 0 radical (unpaired) electrons. The van der Waals surface area contributed by atoms with Crippen LogP contribution in [-0.2, 0) is 21.1 Å². The maximum Gasteiger partial charge on any atom is 0.274 e. The minimum atomic E-state index is -3.54. The Balaban J connectivity index is 1.61. The third-order valence-electron chi connectivity index (χ3n) is 5.61. The highest BCUT2D eigenvalue weighted by Crippen LogP contribution is 2.56. The Kier molecular flexibility index (Phi) is 4.41. The summed E-state index contributed by atoms with van der Waals surface area (Å²) in [7, 11) is -1.89. The number of hydrogen-bond acceptors (Lipinski definition) is 5. The second kappa shape index (κ2) is 6.07. The van der Waals surface area contributed by atoms with Crippen molar-refractivity contribution in [1.82, 2.24) is 20.4 Å². The molecular formula is C17H26N4O4S. The lowest BCUT2D eigenvalue weighted by molar-refractivity contribution is -0.123. The number of aromatic amines is 1. The fourth-order valence-corrected chi connectivity index (χ4v) is 3.84. The van der Waals surface area contributed by atoms with Gasteiger partial charge < -0.3 is 10.2 Å². The van der Waals surface area contributed by atoms with Gasteiger partial charge in [-0.15, -0.1) is 0 Å². The van der Waals surface area contributed by atoms with Crippen LogP contribution < -0.4 is 5.32 Å². The van der Waals surface area contributed by atoms with E-state index in [1.54, 1.807) is 14.0 Å². The average Bonchev–Trinajstić information content (AvgIpc) is 3.00. The lowest BCUT2D eigenvalue weighted by Crippen LogP contribution is -2.52. The van der Waals surface area contributed by atoms with Crippen molar-refractivity contribution >= 4 is 21.7 Å². The van der Waals surface area contributed by atoms with Gasteiger partial charge in [-0.25, -0.2) is 8.42 Å². The van der Waals surface area contributed by atoms with E-state index in [1.807, 2.05) is 0 Å². The Labute approximate surface area is 153 Å². The van der Waals surface area contributed by atoms with Gasteiger partial charge in [-0.1, -0.05) is 0 Å². The maximum absolute atomic E-state index is 12.7. The number of amides is 2. The molecule has 0 aliphatic heterocycles. The first kappa shape index (κ1) is 18.9. The number of sulfone groups is 1. The van der Waals surface area contributed by atoms with E-state index in [0.717, 1.165) is 23.9 Å². The Hall–Kier alpha value is -1.90. The Morgan fingerprint density at radius 2 is 2.08 bits per heavy atom. The highest BCUT2D eigenvalue weighted by atomic mass is 32.2. The van der Waals surface area contributed by atoms with E-state index in [0.29, 0.717) is 17.5 Å². The van der Waals surface area contributed by atoms with Gasteiger partial charge in [0.2, 0.25) is 5.91 Å². The molecule has 0 aromatic carbocycles. The summed E-state index contributed by atoms with van der Waals surface area (Å²) >= 11 is 0. The molecule has 3 rings (SSSR count). The van der Waals surface area contributed by atoms with Gasteiger partial charge in [0.15, 0.2) is 15.5 Å². The first-order valence-electron chi connectivity index (χ1n) is 8.76.